The lowest BCUT2D eigenvalue weighted by molar-refractivity contribution is 0.0938. The fourth-order valence-corrected chi connectivity index (χ4v) is 2.35. The van der Waals surface area contributed by atoms with Gasteiger partial charge in [0.1, 0.15) is 5.75 Å². The number of anilines is 1. The predicted molar refractivity (Wildman–Crippen MR) is 108 cm³/mol. The van der Waals surface area contributed by atoms with Crippen LogP contribution in [-0.2, 0) is 0 Å². The molecule has 2 unspecified atom stereocenters. The summed E-state index contributed by atoms with van der Waals surface area (Å²) in [6.45, 7) is 8.04. The van der Waals surface area contributed by atoms with Gasteiger partial charge in [0, 0.05) is 22.9 Å². The first-order chi connectivity index (χ1) is 12.9. The summed E-state index contributed by atoms with van der Waals surface area (Å²) in [7, 11) is 0. The van der Waals surface area contributed by atoms with Crippen LogP contribution in [0.2, 0.25) is 0 Å². The number of nitrogens with one attached hydrogen (secondary N) is 2. The van der Waals surface area contributed by atoms with Gasteiger partial charge in [-0.15, -0.1) is 0 Å². The van der Waals surface area contributed by atoms with E-state index < -0.39 is 0 Å². The number of amides is 2. The summed E-state index contributed by atoms with van der Waals surface area (Å²) >= 11 is 0. The Morgan fingerprint density at radius 1 is 0.926 bits per heavy atom. The molecule has 0 saturated carbocycles. The summed E-state index contributed by atoms with van der Waals surface area (Å²) in [5.74, 6) is 0.362. The van der Waals surface area contributed by atoms with Crippen LogP contribution < -0.4 is 15.4 Å². The maximum absolute atomic E-state index is 12.5. The third-order valence-corrected chi connectivity index (χ3v) is 4.40. The van der Waals surface area contributed by atoms with E-state index in [1.54, 1.807) is 48.5 Å². The highest BCUT2D eigenvalue weighted by molar-refractivity contribution is 6.05. The van der Waals surface area contributed by atoms with Gasteiger partial charge in [0.25, 0.3) is 11.8 Å². The molecule has 0 fully saturated rings. The van der Waals surface area contributed by atoms with Gasteiger partial charge in [-0.1, -0.05) is 19.9 Å². The van der Waals surface area contributed by atoms with E-state index in [1.807, 2.05) is 20.8 Å². The Labute approximate surface area is 161 Å². The number of benzene rings is 2. The van der Waals surface area contributed by atoms with E-state index in [2.05, 4.69) is 17.6 Å². The first-order valence-corrected chi connectivity index (χ1v) is 9.41. The molecule has 0 saturated heterocycles. The van der Waals surface area contributed by atoms with Crippen molar-refractivity contribution in [2.24, 2.45) is 0 Å². The number of carbonyl (C=O) groups excluding carboxylic acids is 2. The average Bonchev–Trinajstić information content (AvgIpc) is 2.68. The van der Waals surface area contributed by atoms with Gasteiger partial charge in [-0.3, -0.25) is 9.59 Å². The zero-order valence-corrected chi connectivity index (χ0v) is 16.4. The fourth-order valence-electron chi connectivity index (χ4n) is 2.35. The van der Waals surface area contributed by atoms with Gasteiger partial charge in [-0.25, -0.2) is 0 Å². The highest BCUT2D eigenvalue weighted by atomic mass is 16.5. The first-order valence-electron chi connectivity index (χ1n) is 9.41. The van der Waals surface area contributed by atoms with Crippen molar-refractivity contribution in [1.29, 1.82) is 0 Å². The Morgan fingerprint density at radius 2 is 1.63 bits per heavy atom. The molecule has 5 nitrogen and oxygen atoms in total. The van der Waals surface area contributed by atoms with Crippen molar-refractivity contribution in [2.75, 3.05) is 5.32 Å². The topological polar surface area (TPSA) is 67.4 Å². The molecule has 2 aromatic rings. The second kappa shape index (κ2) is 9.76. The molecule has 0 radical (unpaired) electrons. The van der Waals surface area contributed by atoms with Crippen LogP contribution >= 0.6 is 0 Å². The van der Waals surface area contributed by atoms with Crippen molar-refractivity contribution in [3.8, 4) is 5.75 Å². The number of rotatable bonds is 8. The van der Waals surface area contributed by atoms with Crippen LogP contribution in [0.25, 0.3) is 0 Å². The van der Waals surface area contributed by atoms with Crippen molar-refractivity contribution in [2.45, 2.75) is 52.7 Å². The van der Waals surface area contributed by atoms with Crippen molar-refractivity contribution in [3.63, 3.8) is 0 Å². The maximum atomic E-state index is 12.5. The molecule has 0 aliphatic rings. The normalized spacial score (nSPS) is 12.7. The summed E-state index contributed by atoms with van der Waals surface area (Å²) < 4.78 is 5.72. The molecule has 0 aliphatic carbocycles. The Kier molecular flexibility index (Phi) is 7.41. The highest BCUT2D eigenvalue weighted by Crippen LogP contribution is 2.17. The quantitative estimate of drug-likeness (QED) is 0.713. The van der Waals surface area contributed by atoms with Crippen molar-refractivity contribution in [1.82, 2.24) is 5.32 Å². The summed E-state index contributed by atoms with van der Waals surface area (Å²) in [6.07, 6.45) is 1.91. The van der Waals surface area contributed by atoms with Crippen molar-refractivity contribution >= 4 is 17.5 Å². The second-order valence-electron chi connectivity index (χ2n) is 6.68. The van der Waals surface area contributed by atoms with Crippen LogP contribution in [0.1, 0.15) is 61.3 Å². The summed E-state index contributed by atoms with van der Waals surface area (Å²) in [5, 5.41) is 5.75. The molecule has 5 heteroatoms. The molecule has 2 aromatic carbocycles. The molecule has 27 heavy (non-hydrogen) atoms. The SMILES string of the molecule is CCC(C)NC(=O)c1cccc(NC(=O)c2ccc(OC(C)CC)cc2)c1. The second-order valence-corrected chi connectivity index (χ2v) is 6.68. The van der Waals surface area contributed by atoms with E-state index >= 15 is 0 Å². The molecule has 2 amide bonds. The van der Waals surface area contributed by atoms with Crippen LogP contribution in [-0.4, -0.2) is 24.0 Å². The lowest BCUT2D eigenvalue weighted by Crippen LogP contribution is -2.31. The smallest absolute Gasteiger partial charge is 0.255 e. The third-order valence-electron chi connectivity index (χ3n) is 4.40. The molecule has 2 atom stereocenters. The lowest BCUT2D eigenvalue weighted by Gasteiger charge is -2.13. The standard InChI is InChI=1S/C22H28N2O3/c1-5-15(3)23-22(26)18-8-7-9-19(14-18)24-21(25)17-10-12-20(13-11-17)27-16(4)6-2/h7-16H,5-6H2,1-4H3,(H,23,26)(H,24,25). The van der Waals surface area contributed by atoms with Gasteiger partial charge >= 0.3 is 0 Å². The van der Waals surface area contributed by atoms with Crippen LogP contribution in [0.3, 0.4) is 0 Å². The van der Waals surface area contributed by atoms with E-state index in [-0.39, 0.29) is 24.0 Å². The lowest BCUT2D eigenvalue weighted by atomic mass is 10.1. The summed E-state index contributed by atoms with van der Waals surface area (Å²) in [4.78, 5) is 24.7. The Balaban J connectivity index is 2.03. The average molecular weight is 368 g/mol. The molecule has 0 bridgehead atoms. The van der Waals surface area contributed by atoms with Gasteiger partial charge in [0.05, 0.1) is 6.10 Å². The van der Waals surface area contributed by atoms with E-state index in [9.17, 15) is 9.59 Å². The Morgan fingerprint density at radius 3 is 2.26 bits per heavy atom. The van der Waals surface area contributed by atoms with Gasteiger partial charge in [0.2, 0.25) is 0 Å². The van der Waals surface area contributed by atoms with Crippen molar-refractivity contribution < 1.29 is 14.3 Å². The highest BCUT2D eigenvalue weighted by Gasteiger charge is 2.11. The molecule has 0 spiro atoms. The van der Waals surface area contributed by atoms with Gasteiger partial charge < -0.3 is 15.4 Å². The molecular weight excluding hydrogens is 340 g/mol. The monoisotopic (exact) mass is 368 g/mol. The van der Waals surface area contributed by atoms with Gasteiger partial charge in [-0.05, 0) is 69.2 Å². The van der Waals surface area contributed by atoms with E-state index in [0.29, 0.717) is 16.8 Å². The van der Waals surface area contributed by atoms with Crippen molar-refractivity contribution in [3.05, 3.63) is 59.7 Å². The Bertz CT molecular complexity index is 771. The first kappa shape index (κ1) is 20.5. The van der Waals surface area contributed by atoms with E-state index in [4.69, 9.17) is 4.74 Å². The van der Waals surface area contributed by atoms with Crippen LogP contribution in [0.15, 0.2) is 48.5 Å². The van der Waals surface area contributed by atoms with Crippen LogP contribution in [0.4, 0.5) is 5.69 Å². The van der Waals surface area contributed by atoms with Gasteiger partial charge in [-0.2, -0.15) is 0 Å². The fraction of sp³-hybridized carbons (Fsp3) is 0.364. The van der Waals surface area contributed by atoms with Crippen LogP contribution in [0.5, 0.6) is 5.75 Å². The minimum atomic E-state index is -0.232. The third kappa shape index (κ3) is 6.13. The largest absolute Gasteiger partial charge is 0.491 e. The zero-order valence-electron chi connectivity index (χ0n) is 16.4. The summed E-state index contributed by atoms with van der Waals surface area (Å²) in [6, 6.07) is 14.1. The van der Waals surface area contributed by atoms with E-state index in [1.165, 1.54) is 0 Å². The number of hydrogen-bond acceptors (Lipinski definition) is 3. The molecule has 2 N–H and O–H groups in total. The molecule has 2 rings (SSSR count). The number of ether oxygens (including phenoxy) is 1. The Hall–Kier alpha value is -2.82. The molecular formula is C22H28N2O3. The van der Waals surface area contributed by atoms with Gasteiger partial charge in [0.15, 0.2) is 0 Å². The number of hydrogen-bond donors (Lipinski definition) is 2. The molecule has 0 aromatic heterocycles. The molecule has 0 aliphatic heterocycles. The number of carbonyl (C=O) groups is 2. The maximum Gasteiger partial charge on any atom is 0.255 e. The summed E-state index contributed by atoms with van der Waals surface area (Å²) in [5.41, 5.74) is 1.63. The van der Waals surface area contributed by atoms with Crippen LogP contribution in [0, 0.1) is 0 Å². The molecule has 144 valence electrons. The predicted octanol–water partition coefficient (Wildman–Crippen LogP) is 4.64. The minimum absolute atomic E-state index is 0.104. The minimum Gasteiger partial charge on any atom is -0.491 e. The van der Waals surface area contributed by atoms with E-state index in [0.717, 1.165) is 18.6 Å². The molecule has 0 heterocycles. The zero-order chi connectivity index (χ0) is 19.8.